The van der Waals surface area contributed by atoms with Crippen LogP contribution in [0, 0.1) is 5.92 Å². The lowest BCUT2D eigenvalue weighted by atomic mass is 10.1. The molecule has 5 heteroatoms. The molecule has 0 spiro atoms. The zero-order valence-corrected chi connectivity index (χ0v) is 9.92. The van der Waals surface area contributed by atoms with Gasteiger partial charge in [-0.05, 0) is 37.5 Å². The van der Waals surface area contributed by atoms with Gasteiger partial charge in [-0.1, -0.05) is 12.1 Å². The van der Waals surface area contributed by atoms with Crippen LogP contribution in [0.1, 0.15) is 36.9 Å². The molecule has 0 heterocycles. The summed E-state index contributed by atoms with van der Waals surface area (Å²) >= 11 is 0. The number of hydrogen-bond donors (Lipinski definition) is 1. The van der Waals surface area contributed by atoms with E-state index in [1.165, 1.54) is 12.1 Å². The van der Waals surface area contributed by atoms with Crippen LogP contribution in [-0.2, 0) is 11.0 Å². The van der Waals surface area contributed by atoms with Crippen molar-refractivity contribution in [3.05, 3.63) is 35.4 Å². The number of carbonyl (C=O) groups excluding carboxylic acids is 1. The van der Waals surface area contributed by atoms with Crippen molar-refractivity contribution >= 4 is 5.91 Å². The topological polar surface area (TPSA) is 29.1 Å². The summed E-state index contributed by atoms with van der Waals surface area (Å²) in [6, 6.07) is 4.62. The van der Waals surface area contributed by atoms with E-state index in [0.717, 1.165) is 25.0 Å². The van der Waals surface area contributed by atoms with E-state index in [-0.39, 0.29) is 17.9 Å². The second kappa shape index (κ2) is 4.63. The smallest absolute Gasteiger partial charge is 0.349 e. The number of nitrogens with one attached hydrogen (secondary N) is 1. The van der Waals surface area contributed by atoms with Gasteiger partial charge in [0.15, 0.2) is 0 Å². The highest BCUT2D eigenvalue weighted by Crippen LogP contribution is 2.31. The van der Waals surface area contributed by atoms with Crippen LogP contribution in [0.3, 0.4) is 0 Å². The summed E-state index contributed by atoms with van der Waals surface area (Å²) in [5.41, 5.74) is 0.00368. The Bertz CT molecular complexity index is 435. The molecule has 0 aliphatic heterocycles. The third-order valence-corrected chi connectivity index (χ3v) is 3.04. The largest absolute Gasteiger partial charge is 0.416 e. The lowest BCUT2D eigenvalue weighted by Crippen LogP contribution is -2.27. The maximum absolute atomic E-state index is 12.4. The molecular formula is C13H14F3NO. The predicted octanol–water partition coefficient (Wildman–Crippen LogP) is 3.29. The van der Waals surface area contributed by atoms with Crippen molar-refractivity contribution in [2.75, 3.05) is 0 Å². The van der Waals surface area contributed by atoms with Gasteiger partial charge in [-0.3, -0.25) is 4.79 Å². The number of amides is 1. The molecule has 18 heavy (non-hydrogen) atoms. The van der Waals surface area contributed by atoms with Gasteiger partial charge in [0.1, 0.15) is 0 Å². The van der Waals surface area contributed by atoms with Crippen LogP contribution in [0.4, 0.5) is 13.2 Å². The summed E-state index contributed by atoms with van der Waals surface area (Å²) in [7, 11) is 0. The summed E-state index contributed by atoms with van der Waals surface area (Å²) in [6.45, 7) is 1.77. The molecule has 0 radical (unpaired) electrons. The summed E-state index contributed by atoms with van der Waals surface area (Å²) in [5.74, 6) is 0.0873. The molecule has 2 nitrogen and oxygen atoms in total. The quantitative estimate of drug-likeness (QED) is 0.884. The second-order valence-corrected chi connectivity index (χ2v) is 4.62. The Balaban J connectivity index is 2.02. The van der Waals surface area contributed by atoms with Crippen LogP contribution in [-0.4, -0.2) is 5.91 Å². The van der Waals surface area contributed by atoms with Gasteiger partial charge in [0.2, 0.25) is 5.91 Å². The van der Waals surface area contributed by atoms with Crippen LogP contribution >= 0.6 is 0 Å². The highest BCUT2D eigenvalue weighted by molar-refractivity contribution is 5.81. The van der Waals surface area contributed by atoms with Gasteiger partial charge in [0.05, 0.1) is 11.6 Å². The number of halogens is 3. The van der Waals surface area contributed by atoms with Gasteiger partial charge in [0, 0.05) is 5.92 Å². The van der Waals surface area contributed by atoms with Crippen LogP contribution in [0.2, 0.25) is 0 Å². The van der Waals surface area contributed by atoms with Crippen molar-refractivity contribution in [1.82, 2.24) is 5.32 Å². The average Bonchev–Trinajstić information content (AvgIpc) is 3.11. The Morgan fingerprint density at radius 1 is 1.28 bits per heavy atom. The van der Waals surface area contributed by atoms with E-state index in [9.17, 15) is 18.0 Å². The Labute approximate surface area is 103 Å². The summed E-state index contributed by atoms with van der Waals surface area (Å²) in [5, 5.41) is 2.80. The Morgan fingerprint density at radius 3 is 2.28 bits per heavy atom. The van der Waals surface area contributed by atoms with E-state index in [1.807, 2.05) is 0 Å². The summed E-state index contributed by atoms with van der Waals surface area (Å²) in [6.07, 6.45) is -2.50. The zero-order chi connectivity index (χ0) is 13.3. The standard InChI is InChI=1S/C13H14F3NO/c1-8(17-12(18)10-2-3-10)9-4-6-11(7-5-9)13(14,15)16/h4-8,10H,2-3H2,1H3,(H,17,18)/t8-/m0/s1. The maximum Gasteiger partial charge on any atom is 0.416 e. The highest BCUT2D eigenvalue weighted by Gasteiger charge is 2.31. The molecule has 1 fully saturated rings. The predicted molar refractivity (Wildman–Crippen MR) is 60.7 cm³/mol. The van der Waals surface area contributed by atoms with Crippen LogP contribution in [0.15, 0.2) is 24.3 Å². The molecule has 2 rings (SSSR count). The molecule has 1 aromatic rings. The van der Waals surface area contributed by atoms with E-state index in [1.54, 1.807) is 6.92 Å². The van der Waals surface area contributed by atoms with Crippen molar-refractivity contribution in [3.63, 3.8) is 0 Å². The molecule has 1 saturated carbocycles. The molecule has 0 unspecified atom stereocenters. The molecule has 0 saturated heterocycles. The first-order valence-corrected chi connectivity index (χ1v) is 5.85. The number of benzene rings is 1. The maximum atomic E-state index is 12.4. The highest BCUT2D eigenvalue weighted by atomic mass is 19.4. The van der Waals surface area contributed by atoms with Gasteiger partial charge in [-0.25, -0.2) is 0 Å². The van der Waals surface area contributed by atoms with Crippen molar-refractivity contribution in [2.24, 2.45) is 5.92 Å². The molecule has 1 aromatic carbocycles. The van der Waals surface area contributed by atoms with E-state index in [0.29, 0.717) is 5.56 Å². The lowest BCUT2D eigenvalue weighted by Gasteiger charge is -2.15. The molecule has 1 aliphatic rings. The molecule has 1 N–H and O–H groups in total. The number of rotatable bonds is 3. The molecular weight excluding hydrogens is 243 g/mol. The second-order valence-electron chi connectivity index (χ2n) is 4.62. The average molecular weight is 257 g/mol. The van der Waals surface area contributed by atoms with Crippen LogP contribution < -0.4 is 5.32 Å². The first kappa shape index (κ1) is 12.9. The van der Waals surface area contributed by atoms with E-state index >= 15 is 0 Å². The lowest BCUT2D eigenvalue weighted by molar-refractivity contribution is -0.137. The van der Waals surface area contributed by atoms with Crippen LogP contribution in [0.25, 0.3) is 0 Å². The summed E-state index contributed by atoms with van der Waals surface area (Å²) in [4.78, 5) is 11.5. The number of alkyl halides is 3. The molecule has 1 amide bonds. The van der Waals surface area contributed by atoms with Crippen molar-refractivity contribution < 1.29 is 18.0 Å². The normalized spacial score (nSPS) is 17.3. The van der Waals surface area contributed by atoms with Crippen molar-refractivity contribution in [3.8, 4) is 0 Å². The minimum absolute atomic E-state index is 0.0117. The number of carbonyl (C=O) groups is 1. The van der Waals surface area contributed by atoms with E-state index in [4.69, 9.17) is 0 Å². The zero-order valence-electron chi connectivity index (χ0n) is 9.92. The van der Waals surface area contributed by atoms with Gasteiger partial charge >= 0.3 is 6.18 Å². The fraction of sp³-hybridized carbons (Fsp3) is 0.462. The van der Waals surface area contributed by atoms with Gasteiger partial charge < -0.3 is 5.32 Å². The van der Waals surface area contributed by atoms with Crippen LogP contribution in [0.5, 0.6) is 0 Å². The molecule has 1 atom stereocenters. The minimum Gasteiger partial charge on any atom is -0.349 e. The number of hydrogen-bond acceptors (Lipinski definition) is 1. The fourth-order valence-electron chi connectivity index (χ4n) is 1.72. The SMILES string of the molecule is C[C@H](NC(=O)C1CC1)c1ccc(C(F)(F)F)cc1. The monoisotopic (exact) mass is 257 g/mol. The minimum atomic E-state index is -4.32. The Hall–Kier alpha value is -1.52. The van der Waals surface area contributed by atoms with Gasteiger partial charge in [0.25, 0.3) is 0 Å². The third kappa shape index (κ3) is 3.03. The van der Waals surface area contributed by atoms with E-state index < -0.39 is 11.7 Å². The molecule has 0 bridgehead atoms. The Morgan fingerprint density at radius 2 is 1.83 bits per heavy atom. The van der Waals surface area contributed by atoms with Crippen molar-refractivity contribution in [1.29, 1.82) is 0 Å². The van der Waals surface area contributed by atoms with E-state index in [2.05, 4.69) is 5.32 Å². The first-order valence-electron chi connectivity index (χ1n) is 5.85. The molecule has 98 valence electrons. The van der Waals surface area contributed by atoms with Gasteiger partial charge in [-0.2, -0.15) is 13.2 Å². The van der Waals surface area contributed by atoms with Gasteiger partial charge in [-0.15, -0.1) is 0 Å². The van der Waals surface area contributed by atoms with Crippen molar-refractivity contribution in [2.45, 2.75) is 32.0 Å². The fourth-order valence-corrected chi connectivity index (χ4v) is 1.72. The molecule has 1 aliphatic carbocycles. The first-order chi connectivity index (χ1) is 8.38. The summed E-state index contributed by atoms with van der Waals surface area (Å²) < 4.78 is 37.1. The Kier molecular flexibility index (Phi) is 3.32. The third-order valence-electron chi connectivity index (χ3n) is 3.04. The molecule has 0 aromatic heterocycles.